The van der Waals surface area contributed by atoms with Crippen LogP contribution >= 0.6 is 0 Å². The first-order chi connectivity index (χ1) is 11.4. The molecule has 0 fully saturated rings. The minimum absolute atomic E-state index is 0.675. The molecule has 0 aliphatic rings. The van der Waals surface area contributed by atoms with Crippen LogP contribution in [0.15, 0.2) is 85.5 Å². The molecule has 0 unspecified atom stereocenters. The molecule has 23 heavy (non-hydrogen) atoms. The smallest absolute Gasteiger partial charge is 0.141 e. The highest BCUT2D eigenvalue weighted by molar-refractivity contribution is 5.56. The molecule has 0 radical (unpaired) electrons. The van der Waals surface area contributed by atoms with Gasteiger partial charge in [-0.1, -0.05) is 60.7 Å². The summed E-state index contributed by atoms with van der Waals surface area (Å²) in [4.78, 5) is 9.00. The summed E-state index contributed by atoms with van der Waals surface area (Å²) in [5.41, 5.74) is 2.22. The van der Waals surface area contributed by atoms with E-state index in [1.165, 1.54) is 0 Å². The van der Waals surface area contributed by atoms with Crippen LogP contribution in [0.25, 0.3) is 22.8 Å². The Balaban J connectivity index is 1.69. The van der Waals surface area contributed by atoms with Gasteiger partial charge in [0.2, 0.25) is 0 Å². The van der Waals surface area contributed by atoms with Crippen LogP contribution in [0.1, 0.15) is 0 Å². The van der Waals surface area contributed by atoms with Gasteiger partial charge in [0.15, 0.2) is 0 Å². The van der Waals surface area contributed by atoms with Gasteiger partial charge in [0.25, 0.3) is 0 Å². The van der Waals surface area contributed by atoms with Crippen molar-refractivity contribution < 1.29 is 0 Å². The lowest BCUT2D eigenvalue weighted by molar-refractivity contribution is 0.618. The molecule has 0 aliphatic carbocycles. The molecule has 0 amide bonds. The van der Waals surface area contributed by atoms with Crippen molar-refractivity contribution in [3.63, 3.8) is 0 Å². The largest absolute Gasteiger partial charge is 0.312 e. The monoisotopic (exact) mass is 300 g/mol. The zero-order valence-corrected chi connectivity index (χ0v) is 12.6. The van der Waals surface area contributed by atoms with Gasteiger partial charge in [-0.05, 0) is 0 Å². The molecule has 4 rings (SSSR count). The van der Waals surface area contributed by atoms with E-state index >= 15 is 0 Å². The van der Waals surface area contributed by atoms with Crippen LogP contribution in [-0.2, 0) is 6.67 Å². The van der Waals surface area contributed by atoms with Gasteiger partial charge < -0.3 is 9.13 Å². The average Bonchev–Trinajstić information content (AvgIpc) is 3.26. The Kier molecular flexibility index (Phi) is 3.48. The first-order valence-corrected chi connectivity index (χ1v) is 7.55. The Hall–Kier alpha value is -3.14. The maximum Gasteiger partial charge on any atom is 0.141 e. The van der Waals surface area contributed by atoms with Crippen LogP contribution in [0, 0.1) is 0 Å². The third-order valence-corrected chi connectivity index (χ3v) is 3.80. The molecular weight excluding hydrogens is 284 g/mol. The van der Waals surface area contributed by atoms with E-state index in [4.69, 9.17) is 0 Å². The summed E-state index contributed by atoms with van der Waals surface area (Å²) in [6, 6.07) is 20.4. The fraction of sp³-hybridized carbons (Fsp3) is 0.0526. The van der Waals surface area contributed by atoms with Gasteiger partial charge in [-0.2, -0.15) is 0 Å². The Morgan fingerprint density at radius 3 is 1.48 bits per heavy atom. The second kappa shape index (κ2) is 5.93. The second-order valence-corrected chi connectivity index (χ2v) is 5.31. The summed E-state index contributed by atoms with van der Waals surface area (Å²) in [7, 11) is 0. The molecule has 0 atom stereocenters. The average molecular weight is 300 g/mol. The molecular formula is C19H16N4. The zero-order chi connectivity index (χ0) is 15.5. The molecule has 2 aromatic heterocycles. The van der Waals surface area contributed by atoms with Crippen LogP contribution in [0.3, 0.4) is 0 Å². The Morgan fingerprint density at radius 2 is 1.04 bits per heavy atom. The van der Waals surface area contributed by atoms with Crippen LogP contribution in [0.4, 0.5) is 0 Å². The first kappa shape index (κ1) is 13.5. The Labute approximate surface area is 134 Å². The van der Waals surface area contributed by atoms with Crippen molar-refractivity contribution in [1.29, 1.82) is 0 Å². The van der Waals surface area contributed by atoms with Crippen molar-refractivity contribution in [3.8, 4) is 22.8 Å². The van der Waals surface area contributed by atoms with Gasteiger partial charge >= 0.3 is 0 Å². The quantitative estimate of drug-likeness (QED) is 0.572. The molecule has 2 heterocycles. The van der Waals surface area contributed by atoms with E-state index in [0.29, 0.717) is 6.67 Å². The molecule has 2 aromatic carbocycles. The zero-order valence-electron chi connectivity index (χ0n) is 12.6. The van der Waals surface area contributed by atoms with Crippen LogP contribution in [0.2, 0.25) is 0 Å². The highest BCUT2D eigenvalue weighted by atomic mass is 15.2. The minimum Gasteiger partial charge on any atom is -0.312 e. The van der Waals surface area contributed by atoms with Gasteiger partial charge in [0, 0.05) is 35.9 Å². The van der Waals surface area contributed by atoms with Crippen molar-refractivity contribution in [3.05, 3.63) is 85.5 Å². The van der Waals surface area contributed by atoms with Gasteiger partial charge in [0.1, 0.15) is 18.3 Å². The number of aromatic nitrogens is 4. The minimum atomic E-state index is 0.675. The standard InChI is InChI=1S/C19H16N4/c1-3-7-16(8-4-1)18-20-11-13-22(18)15-23-14-12-21-19(23)17-9-5-2-6-10-17/h1-14H,15H2. The first-order valence-electron chi connectivity index (χ1n) is 7.55. The number of hydrogen-bond donors (Lipinski definition) is 0. The Morgan fingerprint density at radius 1 is 0.609 bits per heavy atom. The topological polar surface area (TPSA) is 35.6 Å². The lowest BCUT2D eigenvalue weighted by Gasteiger charge is -2.12. The molecule has 112 valence electrons. The van der Waals surface area contributed by atoms with Crippen LogP contribution < -0.4 is 0 Å². The lowest BCUT2D eigenvalue weighted by Crippen LogP contribution is -2.09. The molecule has 4 nitrogen and oxygen atoms in total. The second-order valence-electron chi connectivity index (χ2n) is 5.31. The molecule has 4 heteroatoms. The predicted molar refractivity (Wildman–Crippen MR) is 90.7 cm³/mol. The fourth-order valence-electron chi connectivity index (χ4n) is 2.71. The maximum absolute atomic E-state index is 4.50. The molecule has 4 aromatic rings. The summed E-state index contributed by atoms with van der Waals surface area (Å²) in [6.07, 6.45) is 7.66. The van der Waals surface area contributed by atoms with Crippen molar-refractivity contribution in [1.82, 2.24) is 19.1 Å². The summed E-state index contributed by atoms with van der Waals surface area (Å²) >= 11 is 0. The Bertz CT molecular complexity index is 816. The SMILES string of the molecule is c1ccc(-c2nccn2Cn2ccnc2-c2ccccc2)cc1. The number of nitrogens with zero attached hydrogens (tertiary/aromatic N) is 4. The number of rotatable bonds is 4. The summed E-state index contributed by atoms with van der Waals surface area (Å²) in [6.45, 7) is 0.675. The molecule has 0 saturated carbocycles. The number of hydrogen-bond acceptors (Lipinski definition) is 2. The molecule has 0 aliphatic heterocycles. The highest BCUT2D eigenvalue weighted by Gasteiger charge is 2.09. The molecule has 0 N–H and O–H groups in total. The third-order valence-electron chi connectivity index (χ3n) is 3.80. The van der Waals surface area contributed by atoms with Crippen molar-refractivity contribution in [2.24, 2.45) is 0 Å². The van der Waals surface area contributed by atoms with E-state index in [1.54, 1.807) is 0 Å². The van der Waals surface area contributed by atoms with E-state index in [-0.39, 0.29) is 0 Å². The van der Waals surface area contributed by atoms with E-state index in [2.05, 4.69) is 43.4 Å². The number of benzene rings is 2. The fourth-order valence-corrected chi connectivity index (χ4v) is 2.71. The van der Waals surface area contributed by atoms with E-state index in [0.717, 1.165) is 22.8 Å². The van der Waals surface area contributed by atoms with Gasteiger partial charge in [0.05, 0.1) is 0 Å². The predicted octanol–water partition coefficient (Wildman–Crippen LogP) is 3.92. The van der Waals surface area contributed by atoms with Gasteiger partial charge in [-0.15, -0.1) is 0 Å². The third kappa shape index (κ3) is 2.66. The molecule has 0 spiro atoms. The van der Waals surface area contributed by atoms with Gasteiger partial charge in [-0.3, -0.25) is 0 Å². The van der Waals surface area contributed by atoms with E-state index in [9.17, 15) is 0 Å². The maximum atomic E-state index is 4.50. The summed E-state index contributed by atoms with van der Waals surface area (Å²) in [5, 5.41) is 0. The van der Waals surface area contributed by atoms with Crippen LogP contribution in [-0.4, -0.2) is 19.1 Å². The lowest BCUT2D eigenvalue weighted by atomic mass is 10.2. The number of imidazole rings is 2. The molecule has 0 bridgehead atoms. The van der Waals surface area contributed by atoms with Crippen molar-refractivity contribution >= 4 is 0 Å². The molecule has 0 saturated heterocycles. The van der Waals surface area contributed by atoms with Crippen LogP contribution in [0.5, 0.6) is 0 Å². The van der Waals surface area contributed by atoms with Crippen molar-refractivity contribution in [2.75, 3.05) is 0 Å². The normalized spacial score (nSPS) is 10.8. The van der Waals surface area contributed by atoms with Gasteiger partial charge in [-0.25, -0.2) is 9.97 Å². The highest BCUT2D eigenvalue weighted by Crippen LogP contribution is 2.20. The summed E-state index contributed by atoms with van der Waals surface area (Å²) < 4.78 is 4.26. The van der Waals surface area contributed by atoms with E-state index in [1.807, 2.05) is 61.2 Å². The summed E-state index contributed by atoms with van der Waals surface area (Å²) in [5.74, 6) is 1.91. The van der Waals surface area contributed by atoms with E-state index < -0.39 is 0 Å². The van der Waals surface area contributed by atoms with Crippen molar-refractivity contribution in [2.45, 2.75) is 6.67 Å².